The van der Waals surface area contributed by atoms with Crippen LogP contribution in [0.1, 0.15) is 36.6 Å². The highest BCUT2D eigenvalue weighted by Gasteiger charge is 2.11. The molecule has 26 heavy (non-hydrogen) atoms. The highest BCUT2D eigenvalue weighted by molar-refractivity contribution is 5.80. The molecular formula is C20H23FN4O. The number of benzene rings is 2. The molecule has 1 atom stereocenters. The van der Waals surface area contributed by atoms with Crippen LogP contribution in [0.5, 0.6) is 5.75 Å². The molecular weight excluding hydrogens is 331 g/mol. The van der Waals surface area contributed by atoms with Crippen LogP contribution in [0, 0.1) is 17.1 Å². The maximum Gasteiger partial charge on any atom is 0.192 e. The maximum atomic E-state index is 13.9. The van der Waals surface area contributed by atoms with Gasteiger partial charge in [0.2, 0.25) is 0 Å². The monoisotopic (exact) mass is 354 g/mol. The number of nitrogens with zero attached hydrogens (tertiary/aromatic N) is 2. The lowest BCUT2D eigenvalue weighted by Gasteiger charge is -2.18. The molecule has 0 saturated heterocycles. The minimum Gasteiger partial charge on any atom is -0.494 e. The van der Waals surface area contributed by atoms with Gasteiger partial charge in [0.15, 0.2) is 17.5 Å². The van der Waals surface area contributed by atoms with Crippen LogP contribution in [-0.2, 0) is 6.54 Å². The lowest BCUT2D eigenvalue weighted by molar-refractivity contribution is 0.386. The third kappa shape index (κ3) is 5.21. The Kier molecular flexibility index (Phi) is 6.98. The second kappa shape index (κ2) is 9.42. The van der Waals surface area contributed by atoms with Crippen LogP contribution in [0.3, 0.4) is 0 Å². The molecule has 0 aromatic heterocycles. The summed E-state index contributed by atoms with van der Waals surface area (Å²) in [4.78, 5) is 4.55. The van der Waals surface area contributed by atoms with Crippen molar-refractivity contribution in [2.45, 2.75) is 26.4 Å². The molecule has 2 N–H and O–H groups in total. The first-order valence-electron chi connectivity index (χ1n) is 8.44. The molecule has 136 valence electrons. The number of hydrogen-bond donors (Lipinski definition) is 2. The average Bonchev–Trinajstić information content (AvgIpc) is 2.66. The molecule has 0 aliphatic carbocycles. The summed E-state index contributed by atoms with van der Waals surface area (Å²) in [5.41, 5.74) is 2.35. The van der Waals surface area contributed by atoms with Gasteiger partial charge in [0.25, 0.3) is 0 Å². The zero-order valence-corrected chi connectivity index (χ0v) is 15.2. The summed E-state index contributed by atoms with van der Waals surface area (Å²) >= 11 is 0. The van der Waals surface area contributed by atoms with E-state index in [1.54, 1.807) is 12.1 Å². The molecule has 2 rings (SSSR count). The second-order valence-corrected chi connectivity index (χ2v) is 5.77. The van der Waals surface area contributed by atoms with Crippen molar-refractivity contribution in [1.82, 2.24) is 10.6 Å². The largest absolute Gasteiger partial charge is 0.494 e. The average molecular weight is 354 g/mol. The number of nitrogens with one attached hydrogen (secondary N) is 2. The predicted octanol–water partition coefficient (Wildman–Crippen LogP) is 3.52. The van der Waals surface area contributed by atoms with Gasteiger partial charge in [-0.1, -0.05) is 18.2 Å². The first-order valence-corrected chi connectivity index (χ1v) is 8.44. The topological polar surface area (TPSA) is 69.4 Å². The quantitative estimate of drug-likeness (QED) is 0.615. The van der Waals surface area contributed by atoms with Gasteiger partial charge in [-0.25, -0.2) is 9.38 Å². The highest BCUT2D eigenvalue weighted by atomic mass is 19.1. The number of nitriles is 1. The summed E-state index contributed by atoms with van der Waals surface area (Å²) in [5.74, 6) is 0.450. The van der Waals surface area contributed by atoms with Crippen molar-refractivity contribution in [3.8, 4) is 11.8 Å². The summed E-state index contributed by atoms with van der Waals surface area (Å²) in [7, 11) is 1.44. The standard InChI is InChI=1S/C20H23FN4O/c1-4-23-20(24-13-16-7-5-6-15(10-16)12-22)25-14(2)17-8-9-19(26-3)18(21)11-17/h5-11,14H,4,13H2,1-3H3,(H2,23,24,25). The molecule has 0 aliphatic rings. The zero-order chi connectivity index (χ0) is 18.9. The second-order valence-electron chi connectivity index (χ2n) is 5.77. The van der Waals surface area contributed by atoms with E-state index in [2.05, 4.69) is 21.7 Å². The number of ether oxygens (including phenoxy) is 1. The smallest absolute Gasteiger partial charge is 0.192 e. The van der Waals surface area contributed by atoms with Crippen molar-refractivity contribution in [2.24, 2.45) is 4.99 Å². The van der Waals surface area contributed by atoms with Crippen LogP contribution in [0.2, 0.25) is 0 Å². The molecule has 0 aliphatic heterocycles. The Morgan fingerprint density at radius 2 is 2.12 bits per heavy atom. The molecule has 2 aromatic carbocycles. The molecule has 1 unspecified atom stereocenters. The summed E-state index contributed by atoms with van der Waals surface area (Å²) < 4.78 is 18.9. The number of guanidine groups is 1. The maximum absolute atomic E-state index is 13.9. The van der Waals surface area contributed by atoms with Crippen molar-refractivity contribution >= 4 is 5.96 Å². The number of rotatable bonds is 6. The third-order valence-corrected chi connectivity index (χ3v) is 3.85. The molecule has 5 nitrogen and oxygen atoms in total. The van der Waals surface area contributed by atoms with E-state index in [9.17, 15) is 4.39 Å². The zero-order valence-electron chi connectivity index (χ0n) is 15.2. The molecule has 2 aromatic rings. The van der Waals surface area contributed by atoms with Gasteiger partial charge in [0.05, 0.1) is 31.3 Å². The SMILES string of the molecule is CCNC(=NCc1cccc(C#N)c1)NC(C)c1ccc(OC)c(F)c1. The minimum atomic E-state index is -0.395. The lowest BCUT2D eigenvalue weighted by Crippen LogP contribution is -2.38. The number of methoxy groups -OCH3 is 1. The molecule has 0 radical (unpaired) electrons. The van der Waals surface area contributed by atoms with Crippen molar-refractivity contribution in [3.63, 3.8) is 0 Å². The van der Waals surface area contributed by atoms with E-state index in [0.29, 0.717) is 24.6 Å². The van der Waals surface area contributed by atoms with Crippen LogP contribution < -0.4 is 15.4 Å². The molecule has 0 fully saturated rings. The van der Waals surface area contributed by atoms with Gasteiger partial charge in [0, 0.05) is 6.54 Å². The normalized spacial score (nSPS) is 12.2. The molecule has 0 amide bonds. The first kappa shape index (κ1) is 19.3. The van der Waals surface area contributed by atoms with E-state index in [0.717, 1.165) is 11.1 Å². The summed E-state index contributed by atoms with van der Waals surface area (Å²) in [6, 6.07) is 14.2. The molecule has 6 heteroatoms. The fourth-order valence-corrected chi connectivity index (χ4v) is 2.47. The highest BCUT2D eigenvalue weighted by Crippen LogP contribution is 2.21. The van der Waals surface area contributed by atoms with Gasteiger partial charge in [-0.2, -0.15) is 5.26 Å². The van der Waals surface area contributed by atoms with E-state index in [1.165, 1.54) is 13.2 Å². The van der Waals surface area contributed by atoms with Crippen molar-refractivity contribution in [3.05, 3.63) is 65.0 Å². The van der Waals surface area contributed by atoms with Gasteiger partial charge in [-0.15, -0.1) is 0 Å². The van der Waals surface area contributed by atoms with Crippen molar-refractivity contribution in [2.75, 3.05) is 13.7 Å². The van der Waals surface area contributed by atoms with E-state index < -0.39 is 5.82 Å². The fraction of sp³-hybridized carbons (Fsp3) is 0.300. The number of halogens is 1. The Morgan fingerprint density at radius 3 is 2.77 bits per heavy atom. The number of aliphatic imine (C=N–C) groups is 1. The summed E-state index contributed by atoms with van der Waals surface area (Å²) in [5, 5.41) is 15.4. The molecule has 0 spiro atoms. The number of hydrogen-bond acceptors (Lipinski definition) is 3. The predicted molar refractivity (Wildman–Crippen MR) is 100 cm³/mol. The fourth-order valence-electron chi connectivity index (χ4n) is 2.47. The summed E-state index contributed by atoms with van der Waals surface area (Å²) in [6.07, 6.45) is 0. The molecule has 0 bridgehead atoms. The van der Waals surface area contributed by atoms with Gasteiger partial charge in [-0.3, -0.25) is 0 Å². The van der Waals surface area contributed by atoms with Gasteiger partial charge in [-0.05, 0) is 49.2 Å². The van der Waals surface area contributed by atoms with Crippen molar-refractivity contribution in [1.29, 1.82) is 5.26 Å². The van der Waals surface area contributed by atoms with Gasteiger partial charge < -0.3 is 15.4 Å². The minimum absolute atomic E-state index is 0.140. The van der Waals surface area contributed by atoms with Crippen LogP contribution in [-0.4, -0.2) is 19.6 Å². The molecule has 0 saturated carbocycles. The van der Waals surface area contributed by atoms with E-state index >= 15 is 0 Å². The Hall–Kier alpha value is -3.07. The van der Waals surface area contributed by atoms with Crippen LogP contribution in [0.25, 0.3) is 0 Å². The Balaban J connectivity index is 2.11. The van der Waals surface area contributed by atoms with E-state index in [4.69, 9.17) is 10.00 Å². The summed E-state index contributed by atoms with van der Waals surface area (Å²) in [6.45, 7) is 5.05. The lowest BCUT2D eigenvalue weighted by atomic mass is 10.1. The molecule has 0 heterocycles. The third-order valence-electron chi connectivity index (χ3n) is 3.85. The van der Waals surface area contributed by atoms with Crippen LogP contribution in [0.4, 0.5) is 4.39 Å². The van der Waals surface area contributed by atoms with Crippen molar-refractivity contribution < 1.29 is 9.13 Å². The van der Waals surface area contributed by atoms with E-state index in [1.807, 2.05) is 38.1 Å². The van der Waals surface area contributed by atoms with E-state index in [-0.39, 0.29) is 11.8 Å². The first-order chi connectivity index (χ1) is 12.6. The van der Waals surface area contributed by atoms with Crippen LogP contribution in [0.15, 0.2) is 47.5 Å². The van der Waals surface area contributed by atoms with Crippen LogP contribution >= 0.6 is 0 Å². The Bertz CT molecular complexity index is 814. The Labute approximate surface area is 153 Å². The van der Waals surface area contributed by atoms with Gasteiger partial charge >= 0.3 is 0 Å². The van der Waals surface area contributed by atoms with Gasteiger partial charge in [0.1, 0.15) is 0 Å². The Morgan fingerprint density at radius 1 is 1.31 bits per heavy atom.